The molecule has 0 aromatic rings. The molecular weight excluding hydrogens is 136 g/mol. The lowest BCUT2D eigenvalue weighted by Crippen LogP contribution is -1.85. The molecule has 1 heteroatoms. The topological polar surface area (TPSA) is 9.23 Å². The van der Waals surface area contributed by atoms with Crippen LogP contribution in [0.1, 0.15) is 6.92 Å². The molecule has 0 saturated carbocycles. The zero-order valence-electron chi connectivity index (χ0n) is 7.13. The van der Waals surface area contributed by atoms with Crippen molar-refractivity contribution in [3.8, 4) is 0 Å². The van der Waals surface area contributed by atoms with E-state index >= 15 is 0 Å². The lowest BCUT2D eigenvalue weighted by Gasteiger charge is -2.02. The molecule has 0 radical (unpaired) electrons. The van der Waals surface area contributed by atoms with Gasteiger partial charge in [-0.3, -0.25) is 0 Å². The molecule has 0 aromatic carbocycles. The van der Waals surface area contributed by atoms with Crippen LogP contribution in [0.2, 0.25) is 0 Å². The van der Waals surface area contributed by atoms with Crippen LogP contribution in [-0.2, 0) is 4.74 Å². The first-order valence-corrected chi connectivity index (χ1v) is 3.46. The smallest absolute Gasteiger partial charge is 0.125 e. The first-order valence-electron chi connectivity index (χ1n) is 3.46. The third kappa shape index (κ3) is 2.89. The number of ether oxygens (including phenoxy) is 1. The van der Waals surface area contributed by atoms with Gasteiger partial charge in [0.25, 0.3) is 0 Å². The number of hydrogen-bond donors (Lipinski definition) is 0. The molecule has 0 heterocycles. The first-order chi connectivity index (χ1) is 5.29. The van der Waals surface area contributed by atoms with E-state index in [1.165, 1.54) is 0 Å². The molecule has 0 fully saturated rings. The Bertz CT molecular complexity index is 197. The van der Waals surface area contributed by atoms with Gasteiger partial charge >= 0.3 is 0 Å². The van der Waals surface area contributed by atoms with Gasteiger partial charge in [-0.2, -0.15) is 0 Å². The average Bonchev–Trinajstić information content (AvgIpc) is 2.05. The van der Waals surface area contributed by atoms with Gasteiger partial charge in [0, 0.05) is 5.57 Å². The predicted octanol–water partition coefficient (Wildman–Crippen LogP) is 2.84. The van der Waals surface area contributed by atoms with Crippen LogP contribution in [0.15, 0.2) is 48.8 Å². The van der Waals surface area contributed by atoms with Gasteiger partial charge in [-0.15, -0.1) is 0 Å². The molecule has 60 valence electrons. The molecule has 0 atom stereocenters. The third-order valence-electron chi connectivity index (χ3n) is 1.26. The molecule has 0 aliphatic carbocycles. The summed E-state index contributed by atoms with van der Waals surface area (Å²) in [6.45, 7) is 9.22. The Labute approximate surface area is 68.4 Å². The van der Waals surface area contributed by atoms with Crippen molar-refractivity contribution in [1.82, 2.24) is 0 Å². The molecular formula is C10H14O. The van der Waals surface area contributed by atoms with Crippen molar-refractivity contribution < 1.29 is 4.74 Å². The number of allylic oxidation sites excluding steroid dienone is 5. The van der Waals surface area contributed by atoms with E-state index in [4.69, 9.17) is 4.74 Å². The quantitative estimate of drug-likeness (QED) is 0.442. The van der Waals surface area contributed by atoms with E-state index < -0.39 is 0 Å². The van der Waals surface area contributed by atoms with E-state index in [9.17, 15) is 0 Å². The van der Waals surface area contributed by atoms with Gasteiger partial charge in [0.15, 0.2) is 0 Å². The van der Waals surface area contributed by atoms with E-state index in [0.717, 1.165) is 11.3 Å². The summed E-state index contributed by atoms with van der Waals surface area (Å²) in [6, 6.07) is 0. The molecule has 0 rings (SSSR count). The first kappa shape index (κ1) is 9.76. The highest BCUT2D eigenvalue weighted by molar-refractivity contribution is 5.35. The maximum absolute atomic E-state index is 5.04. The molecule has 0 N–H and O–H groups in total. The maximum atomic E-state index is 5.04. The predicted molar refractivity (Wildman–Crippen MR) is 49.2 cm³/mol. The lowest BCUT2D eigenvalue weighted by atomic mass is 10.2. The summed E-state index contributed by atoms with van der Waals surface area (Å²) < 4.78 is 5.04. The van der Waals surface area contributed by atoms with Gasteiger partial charge in [-0.05, 0) is 13.0 Å². The Morgan fingerprint density at radius 3 is 2.18 bits per heavy atom. The fourth-order valence-corrected chi connectivity index (χ4v) is 0.749. The Morgan fingerprint density at radius 1 is 1.27 bits per heavy atom. The van der Waals surface area contributed by atoms with E-state index in [1.54, 1.807) is 19.3 Å². The molecule has 0 spiro atoms. The summed E-state index contributed by atoms with van der Waals surface area (Å²) in [5.41, 5.74) is 0.949. The molecule has 0 unspecified atom stereocenters. The molecule has 0 aromatic heterocycles. The molecule has 0 amide bonds. The number of rotatable bonds is 4. The van der Waals surface area contributed by atoms with Gasteiger partial charge in [-0.1, -0.05) is 31.4 Å². The molecule has 0 aliphatic rings. The fraction of sp³-hybridized carbons (Fsp3) is 0.200. The highest BCUT2D eigenvalue weighted by Crippen LogP contribution is 2.08. The van der Waals surface area contributed by atoms with Crippen molar-refractivity contribution in [2.24, 2.45) is 0 Å². The summed E-state index contributed by atoms with van der Waals surface area (Å²) in [5.74, 6) is 0.748. The van der Waals surface area contributed by atoms with Crippen molar-refractivity contribution in [1.29, 1.82) is 0 Å². The normalized spacial score (nSPS) is 12.5. The molecule has 0 aliphatic heterocycles. The van der Waals surface area contributed by atoms with Crippen LogP contribution in [-0.4, -0.2) is 7.11 Å². The minimum Gasteiger partial charge on any atom is -0.496 e. The van der Waals surface area contributed by atoms with Gasteiger partial charge < -0.3 is 4.74 Å². The van der Waals surface area contributed by atoms with Gasteiger partial charge in [-0.25, -0.2) is 0 Å². The molecule has 1 nitrogen and oxygen atoms in total. The summed E-state index contributed by atoms with van der Waals surface area (Å²) in [7, 11) is 1.62. The van der Waals surface area contributed by atoms with Crippen LogP contribution in [0.25, 0.3) is 0 Å². The fourth-order valence-electron chi connectivity index (χ4n) is 0.749. The van der Waals surface area contributed by atoms with Gasteiger partial charge in [0.2, 0.25) is 0 Å². The maximum Gasteiger partial charge on any atom is 0.125 e. The van der Waals surface area contributed by atoms with E-state index in [-0.39, 0.29) is 0 Å². The zero-order valence-corrected chi connectivity index (χ0v) is 7.13. The number of hydrogen-bond acceptors (Lipinski definition) is 1. The Morgan fingerprint density at radius 2 is 1.91 bits per heavy atom. The van der Waals surface area contributed by atoms with Crippen LogP contribution in [0, 0.1) is 0 Å². The van der Waals surface area contributed by atoms with Crippen LogP contribution in [0.5, 0.6) is 0 Å². The summed E-state index contributed by atoms with van der Waals surface area (Å²) in [6.07, 6.45) is 7.25. The van der Waals surface area contributed by atoms with Crippen molar-refractivity contribution in [2.75, 3.05) is 7.11 Å². The van der Waals surface area contributed by atoms with Gasteiger partial charge in [0.1, 0.15) is 5.76 Å². The summed E-state index contributed by atoms with van der Waals surface area (Å²) >= 11 is 0. The van der Waals surface area contributed by atoms with Crippen molar-refractivity contribution >= 4 is 0 Å². The minimum atomic E-state index is 0.748. The molecule has 0 saturated heterocycles. The average molecular weight is 150 g/mol. The Kier molecular flexibility index (Phi) is 4.91. The number of methoxy groups -OCH3 is 1. The highest BCUT2D eigenvalue weighted by Gasteiger charge is 1.93. The molecule has 0 bridgehead atoms. The molecule has 11 heavy (non-hydrogen) atoms. The Balaban J connectivity index is 4.75. The monoisotopic (exact) mass is 150 g/mol. The van der Waals surface area contributed by atoms with Crippen molar-refractivity contribution in [3.05, 3.63) is 48.8 Å². The SMILES string of the molecule is C=CC(/C=C\C)=C(/C=C)OC. The van der Waals surface area contributed by atoms with Crippen LogP contribution < -0.4 is 0 Å². The van der Waals surface area contributed by atoms with Crippen LogP contribution in [0.3, 0.4) is 0 Å². The largest absolute Gasteiger partial charge is 0.496 e. The van der Waals surface area contributed by atoms with Crippen LogP contribution in [0.4, 0.5) is 0 Å². The minimum absolute atomic E-state index is 0.748. The second kappa shape index (κ2) is 5.54. The Hall–Kier alpha value is -1.24. The van der Waals surface area contributed by atoms with E-state index in [0.29, 0.717) is 0 Å². The van der Waals surface area contributed by atoms with E-state index in [1.807, 2.05) is 19.1 Å². The van der Waals surface area contributed by atoms with E-state index in [2.05, 4.69) is 13.2 Å². The summed E-state index contributed by atoms with van der Waals surface area (Å²) in [4.78, 5) is 0. The van der Waals surface area contributed by atoms with Gasteiger partial charge in [0.05, 0.1) is 7.11 Å². The zero-order chi connectivity index (χ0) is 8.69. The lowest BCUT2D eigenvalue weighted by molar-refractivity contribution is 0.305. The standard InChI is InChI=1S/C10H14O/c1-5-8-9(6-2)10(7-3)11-4/h5-8H,2-3H2,1,4H3/b8-5-,10-9+. The van der Waals surface area contributed by atoms with Crippen molar-refractivity contribution in [2.45, 2.75) is 6.92 Å². The second-order valence-electron chi connectivity index (χ2n) is 1.93. The second-order valence-corrected chi connectivity index (χ2v) is 1.93. The highest BCUT2D eigenvalue weighted by atomic mass is 16.5. The van der Waals surface area contributed by atoms with Crippen LogP contribution >= 0.6 is 0 Å². The third-order valence-corrected chi connectivity index (χ3v) is 1.26. The summed E-state index contributed by atoms with van der Waals surface area (Å²) in [5, 5.41) is 0. The van der Waals surface area contributed by atoms with Crippen molar-refractivity contribution in [3.63, 3.8) is 0 Å².